The van der Waals surface area contributed by atoms with Crippen molar-refractivity contribution in [3.8, 4) is 11.8 Å². The third-order valence-electron chi connectivity index (χ3n) is 2.54. The summed E-state index contributed by atoms with van der Waals surface area (Å²) in [6.45, 7) is 1.61. The van der Waals surface area contributed by atoms with Gasteiger partial charge in [-0.15, -0.1) is 0 Å². The van der Waals surface area contributed by atoms with Crippen molar-refractivity contribution >= 4 is 13.5 Å². The van der Waals surface area contributed by atoms with Gasteiger partial charge in [0, 0.05) is 0 Å². The Labute approximate surface area is 78.6 Å². The zero-order valence-electron chi connectivity index (χ0n) is 7.71. The van der Waals surface area contributed by atoms with Gasteiger partial charge in [-0.25, -0.2) is 0 Å². The molecule has 1 rings (SSSR count). The van der Waals surface area contributed by atoms with E-state index in [2.05, 4.69) is 11.8 Å². The van der Waals surface area contributed by atoms with Crippen LogP contribution in [0, 0.1) is 11.8 Å². The summed E-state index contributed by atoms with van der Waals surface area (Å²) in [5.74, 6) is 4.27. The predicted molar refractivity (Wildman–Crippen MR) is 54.4 cm³/mol. The van der Waals surface area contributed by atoms with Gasteiger partial charge in [0.05, 0.1) is 0 Å². The second-order valence-corrected chi connectivity index (χ2v) is 7.26. The number of rotatable bonds is 2. The second kappa shape index (κ2) is 4.09. The number of carbonyl (C=O) groups is 1. The monoisotopic (exact) mass is 202 g/mol. The molecule has 4 heteroatoms. The Morgan fingerprint density at radius 3 is 2.38 bits per heavy atom. The summed E-state index contributed by atoms with van der Waals surface area (Å²) >= 11 is 0. The standard InChI is InChI=1S/C9H15O3P/c1-2-5-8(9(10)11)13(12)6-3-4-7-13/h8,12-13H,3-4,6-7H2,1H3,(H,10,11). The summed E-state index contributed by atoms with van der Waals surface area (Å²) in [5.41, 5.74) is -0.778. The maximum absolute atomic E-state index is 10.9. The second-order valence-electron chi connectivity index (χ2n) is 3.48. The molecule has 0 spiro atoms. The van der Waals surface area contributed by atoms with Crippen LogP contribution in [0.1, 0.15) is 19.8 Å². The van der Waals surface area contributed by atoms with E-state index in [1.807, 2.05) is 0 Å². The summed E-state index contributed by atoms with van der Waals surface area (Å²) < 4.78 is 0. The summed E-state index contributed by atoms with van der Waals surface area (Å²) in [6, 6.07) is 0. The molecule has 0 aromatic carbocycles. The fourth-order valence-corrected chi connectivity index (χ4v) is 5.27. The summed E-state index contributed by atoms with van der Waals surface area (Å²) in [7, 11) is -2.57. The quantitative estimate of drug-likeness (QED) is 0.517. The Kier molecular flexibility index (Phi) is 3.30. The number of hydrogen-bond acceptors (Lipinski definition) is 2. The van der Waals surface area contributed by atoms with E-state index in [1.165, 1.54) is 0 Å². The average molecular weight is 202 g/mol. The van der Waals surface area contributed by atoms with Crippen molar-refractivity contribution in [2.45, 2.75) is 25.4 Å². The third-order valence-corrected chi connectivity index (χ3v) is 6.45. The molecule has 2 N–H and O–H groups in total. The van der Waals surface area contributed by atoms with E-state index < -0.39 is 19.1 Å². The van der Waals surface area contributed by atoms with Crippen LogP contribution in [0.2, 0.25) is 0 Å². The molecule has 1 fully saturated rings. The molecule has 1 aliphatic rings. The minimum absolute atomic E-state index is 0.693. The fraction of sp³-hybridized carbons (Fsp3) is 0.667. The molecule has 13 heavy (non-hydrogen) atoms. The van der Waals surface area contributed by atoms with Crippen LogP contribution in [0.15, 0.2) is 0 Å². The van der Waals surface area contributed by atoms with E-state index in [1.54, 1.807) is 6.92 Å². The van der Waals surface area contributed by atoms with Crippen LogP contribution in [0.3, 0.4) is 0 Å². The SMILES string of the molecule is CC#CC(C(=O)O)[PH]1(O)CCCC1. The van der Waals surface area contributed by atoms with E-state index >= 15 is 0 Å². The number of aliphatic carboxylic acids is 1. The van der Waals surface area contributed by atoms with Crippen molar-refractivity contribution < 1.29 is 14.8 Å². The van der Waals surface area contributed by atoms with Crippen LogP contribution in [0.25, 0.3) is 0 Å². The fourth-order valence-electron chi connectivity index (χ4n) is 1.85. The van der Waals surface area contributed by atoms with Gasteiger partial charge >= 0.3 is 77.8 Å². The Morgan fingerprint density at radius 2 is 2.00 bits per heavy atom. The van der Waals surface area contributed by atoms with Crippen LogP contribution >= 0.6 is 7.49 Å². The first-order valence-electron chi connectivity index (χ1n) is 4.47. The zero-order chi connectivity index (χ0) is 9.90. The summed E-state index contributed by atoms with van der Waals surface area (Å²) in [4.78, 5) is 21.0. The molecular weight excluding hydrogens is 187 g/mol. The van der Waals surface area contributed by atoms with Crippen molar-refractivity contribution in [1.82, 2.24) is 0 Å². The van der Waals surface area contributed by atoms with Crippen molar-refractivity contribution in [3.05, 3.63) is 0 Å². The first kappa shape index (κ1) is 10.5. The van der Waals surface area contributed by atoms with E-state index in [4.69, 9.17) is 5.11 Å². The molecular formula is C9H15O3P. The first-order valence-corrected chi connectivity index (χ1v) is 6.91. The molecule has 0 amide bonds. The molecule has 0 aliphatic carbocycles. The van der Waals surface area contributed by atoms with E-state index in [-0.39, 0.29) is 0 Å². The molecule has 3 nitrogen and oxygen atoms in total. The Morgan fingerprint density at radius 1 is 1.46 bits per heavy atom. The van der Waals surface area contributed by atoms with Crippen LogP contribution in [0.4, 0.5) is 0 Å². The molecule has 0 aromatic rings. The number of carboxylic acid groups (broad SMARTS) is 1. The van der Waals surface area contributed by atoms with E-state index in [0.29, 0.717) is 12.3 Å². The Hall–Kier alpha value is -0.580. The van der Waals surface area contributed by atoms with Crippen molar-refractivity contribution in [1.29, 1.82) is 0 Å². The van der Waals surface area contributed by atoms with Crippen LogP contribution < -0.4 is 0 Å². The number of carboxylic acids is 1. The van der Waals surface area contributed by atoms with Gasteiger partial charge in [0.1, 0.15) is 0 Å². The van der Waals surface area contributed by atoms with Gasteiger partial charge in [-0.2, -0.15) is 0 Å². The Bertz CT molecular complexity index is 258. The zero-order valence-corrected chi connectivity index (χ0v) is 8.71. The van der Waals surface area contributed by atoms with Crippen molar-refractivity contribution in [2.75, 3.05) is 12.3 Å². The minimum atomic E-state index is -2.57. The van der Waals surface area contributed by atoms with Gasteiger partial charge < -0.3 is 0 Å². The van der Waals surface area contributed by atoms with E-state index in [0.717, 1.165) is 12.8 Å². The van der Waals surface area contributed by atoms with Gasteiger partial charge in [0.15, 0.2) is 0 Å². The molecule has 1 heterocycles. The first-order chi connectivity index (χ1) is 6.10. The van der Waals surface area contributed by atoms with Gasteiger partial charge in [0.25, 0.3) is 0 Å². The van der Waals surface area contributed by atoms with Crippen molar-refractivity contribution in [3.63, 3.8) is 0 Å². The van der Waals surface area contributed by atoms with E-state index in [9.17, 15) is 9.69 Å². The van der Waals surface area contributed by atoms with Gasteiger partial charge in [-0.05, 0) is 0 Å². The van der Waals surface area contributed by atoms with Crippen LogP contribution in [-0.2, 0) is 4.79 Å². The molecule has 0 radical (unpaired) electrons. The molecule has 1 aliphatic heterocycles. The van der Waals surface area contributed by atoms with Gasteiger partial charge in [0.2, 0.25) is 0 Å². The number of hydrogen-bond donors (Lipinski definition) is 2. The molecule has 74 valence electrons. The molecule has 1 saturated heterocycles. The summed E-state index contributed by atoms with van der Waals surface area (Å²) in [6.07, 6.45) is 3.30. The third kappa shape index (κ3) is 2.21. The average Bonchev–Trinajstić information content (AvgIpc) is 2.48. The predicted octanol–water partition coefficient (Wildman–Crippen LogP) is 0.914. The molecule has 0 bridgehead atoms. The topological polar surface area (TPSA) is 57.5 Å². The normalized spacial score (nSPS) is 24.2. The molecule has 1 unspecified atom stereocenters. The van der Waals surface area contributed by atoms with Crippen LogP contribution in [-0.4, -0.2) is 34.0 Å². The molecule has 0 aromatic heterocycles. The Balaban J connectivity index is 2.83. The summed E-state index contributed by atoms with van der Waals surface area (Å²) in [5, 5.41) is 8.90. The van der Waals surface area contributed by atoms with Crippen LogP contribution in [0.5, 0.6) is 0 Å². The maximum atomic E-state index is 10.9. The van der Waals surface area contributed by atoms with Crippen molar-refractivity contribution in [2.24, 2.45) is 0 Å². The van der Waals surface area contributed by atoms with Gasteiger partial charge in [-0.1, -0.05) is 0 Å². The molecule has 1 atom stereocenters. The van der Waals surface area contributed by atoms with Gasteiger partial charge in [-0.3, -0.25) is 0 Å². The molecule has 0 saturated carbocycles.